The molecule has 0 aromatic carbocycles. The lowest BCUT2D eigenvalue weighted by Crippen LogP contribution is -2.58. The van der Waals surface area contributed by atoms with Gasteiger partial charge in [-0.3, -0.25) is 0 Å². The maximum absolute atomic E-state index is 8.05. The van der Waals surface area contributed by atoms with Crippen LogP contribution in [0.5, 0.6) is 0 Å². The van der Waals surface area contributed by atoms with E-state index in [1.165, 1.54) is 0 Å². The molecule has 0 aromatic rings. The van der Waals surface area contributed by atoms with E-state index in [2.05, 4.69) is 34.6 Å². The Bertz CT molecular complexity index is 308. The van der Waals surface area contributed by atoms with Crippen molar-refractivity contribution in [2.75, 3.05) is 0 Å². The van der Waals surface area contributed by atoms with Gasteiger partial charge in [0.05, 0.1) is 0 Å². The lowest BCUT2D eigenvalue weighted by molar-refractivity contribution is 0.165. The zero-order chi connectivity index (χ0) is 11.3. The SMILES string of the molecule is CC1=C(C)C(C)(N)C(C)(C)C(C)C1=N. The molecule has 1 aliphatic carbocycles. The molecule has 0 radical (unpaired) electrons. The summed E-state index contributed by atoms with van der Waals surface area (Å²) in [6.45, 7) is 12.6. The van der Waals surface area contributed by atoms with Gasteiger partial charge < -0.3 is 11.1 Å². The summed E-state index contributed by atoms with van der Waals surface area (Å²) in [5, 5.41) is 8.05. The monoisotopic (exact) mass is 194 g/mol. The molecule has 0 fully saturated rings. The van der Waals surface area contributed by atoms with Crippen LogP contribution < -0.4 is 5.73 Å². The van der Waals surface area contributed by atoms with Crippen molar-refractivity contribution in [3.63, 3.8) is 0 Å². The molecule has 2 heteroatoms. The van der Waals surface area contributed by atoms with Crippen molar-refractivity contribution >= 4 is 5.71 Å². The van der Waals surface area contributed by atoms with Crippen molar-refractivity contribution in [3.8, 4) is 0 Å². The van der Waals surface area contributed by atoms with Gasteiger partial charge in [0.1, 0.15) is 0 Å². The highest BCUT2D eigenvalue weighted by molar-refractivity contribution is 6.01. The van der Waals surface area contributed by atoms with Crippen LogP contribution in [0.4, 0.5) is 0 Å². The van der Waals surface area contributed by atoms with E-state index < -0.39 is 0 Å². The Morgan fingerprint density at radius 3 is 2.07 bits per heavy atom. The summed E-state index contributed by atoms with van der Waals surface area (Å²) in [6, 6.07) is 0. The van der Waals surface area contributed by atoms with Crippen LogP contribution in [0.3, 0.4) is 0 Å². The first-order valence-corrected chi connectivity index (χ1v) is 5.19. The van der Waals surface area contributed by atoms with Crippen molar-refractivity contribution in [1.82, 2.24) is 0 Å². The quantitative estimate of drug-likeness (QED) is 0.612. The Hall–Kier alpha value is -0.630. The highest BCUT2D eigenvalue weighted by Gasteiger charge is 2.48. The minimum Gasteiger partial charge on any atom is -0.321 e. The fraction of sp³-hybridized carbons (Fsp3) is 0.750. The molecule has 1 rings (SSSR count). The molecule has 0 amide bonds. The number of hydrogen-bond acceptors (Lipinski definition) is 2. The van der Waals surface area contributed by atoms with Crippen molar-refractivity contribution < 1.29 is 0 Å². The van der Waals surface area contributed by atoms with Crippen LogP contribution in [-0.2, 0) is 0 Å². The van der Waals surface area contributed by atoms with Gasteiger partial charge in [0.25, 0.3) is 0 Å². The molecule has 3 N–H and O–H groups in total. The molecular formula is C12H22N2. The van der Waals surface area contributed by atoms with Gasteiger partial charge in [0.2, 0.25) is 0 Å². The molecule has 0 spiro atoms. The lowest BCUT2D eigenvalue weighted by Gasteiger charge is -2.51. The zero-order valence-electron chi connectivity index (χ0n) is 10.2. The molecule has 0 aromatic heterocycles. The maximum atomic E-state index is 8.05. The lowest BCUT2D eigenvalue weighted by atomic mass is 9.57. The van der Waals surface area contributed by atoms with Gasteiger partial charge in [0.15, 0.2) is 0 Å². The Labute approximate surface area is 87.1 Å². The van der Waals surface area contributed by atoms with E-state index in [1.807, 2.05) is 6.92 Å². The molecule has 2 nitrogen and oxygen atoms in total. The second kappa shape index (κ2) is 2.93. The minimum atomic E-state index is -0.305. The number of hydrogen-bond donors (Lipinski definition) is 2. The van der Waals surface area contributed by atoms with Crippen molar-refractivity contribution in [2.45, 2.75) is 47.1 Å². The van der Waals surface area contributed by atoms with Gasteiger partial charge in [-0.15, -0.1) is 0 Å². The Balaban J connectivity index is 3.41. The molecule has 0 heterocycles. The van der Waals surface area contributed by atoms with Crippen LogP contribution >= 0.6 is 0 Å². The van der Waals surface area contributed by atoms with Crippen LogP contribution in [0.15, 0.2) is 11.1 Å². The molecule has 14 heavy (non-hydrogen) atoms. The van der Waals surface area contributed by atoms with Gasteiger partial charge in [-0.25, -0.2) is 0 Å². The molecular weight excluding hydrogens is 172 g/mol. The maximum Gasteiger partial charge on any atom is 0.0401 e. The summed E-state index contributed by atoms with van der Waals surface area (Å²) in [7, 11) is 0. The van der Waals surface area contributed by atoms with E-state index in [9.17, 15) is 0 Å². The largest absolute Gasteiger partial charge is 0.321 e. The molecule has 2 atom stereocenters. The molecule has 2 unspecified atom stereocenters. The second-order valence-corrected chi connectivity index (χ2v) is 5.31. The predicted molar refractivity (Wildman–Crippen MR) is 61.6 cm³/mol. The fourth-order valence-electron chi connectivity index (χ4n) is 2.21. The molecule has 80 valence electrons. The van der Waals surface area contributed by atoms with Gasteiger partial charge in [-0.2, -0.15) is 0 Å². The van der Waals surface area contributed by atoms with E-state index in [0.717, 1.165) is 16.9 Å². The van der Waals surface area contributed by atoms with Gasteiger partial charge >= 0.3 is 0 Å². The molecule has 0 saturated carbocycles. The topological polar surface area (TPSA) is 49.9 Å². The summed E-state index contributed by atoms with van der Waals surface area (Å²) in [5.41, 5.74) is 9.01. The highest BCUT2D eigenvalue weighted by atomic mass is 14.8. The van der Waals surface area contributed by atoms with E-state index in [1.54, 1.807) is 0 Å². The minimum absolute atomic E-state index is 0.0479. The van der Waals surface area contributed by atoms with Crippen LogP contribution in [0.1, 0.15) is 41.5 Å². The van der Waals surface area contributed by atoms with Crippen LogP contribution in [0.2, 0.25) is 0 Å². The summed E-state index contributed by atoms with van der Waals surface area (Å²) in [6.07, 6.45) is 0. The smallest absolute Gasteiger partial charge is 0.0401 e. The average molecular weight is 194 g/mol. The van der Waals surface area contributed by atoms with Crippen molar-refractivity contribution in [2.24, 2.45) is 17.1 Å². The van der Waals surface area contributed by atoms with Gasteiger partial charge in [-0.1, -0.05) is 20.8 Å². The van der Waals surface area contributed by atoms with E-state index >= 15 is 0 Å². The van der Waals surface area contributed by atoms with Crippen LogP contribution in [0.25, 0.3) is 0 Å². The second-order valence-electron chi connectivity index (χ2n) is 5.31. The van der Waals surface area contributed by atoms with E-state index in [0.29, 0.717) is 0 Å². The fourth-order valence-corrected chi connectivity index (χ4v) is 2.21. The Morgan fingerprint density at radius 1 is 1.21 bits per heavy atom. The summed E-state index contributed by atoms with van der Waals surface area (Å²) in [4.78, 5) is 0. The summed E-state index contributed by atoms with van der Waals surface area (Å²) >= 11 is 0. The Kier molecular flexibility index (Phi) is 2.39. The van der Waals surface area contributed by atoms with Crippen LogP contribution in [0, 0.1) is 16.7 Å². The Morgan fingerprint density at radius 2 is 1.64 bits per heavy atom. The van der Waals surface area contributed by atoms with Crippen molar-refractivity contribution in [1.29, 1.82) is 5.41 Å². The van der Waals surface area contributed by atoms with Crippen molar-refractivity contribution in [3.05, 3.63) is 11.1 Å². The number of allylic oxidation sites excluding steroid dienone is 1. The molecule has 0 saturated heterocycles. The summed E-state index contributed by atoms with van der Waals surface area (Å²) < 4.78 is 0. The first-order valence-electron chi connectivity index (χ1n) is 5.19. The van der Waals surface area contributed by atoms with Gasteiger partial charge in [-0.05, 0) is 37.3 Å². The van der Waals surface area contributed by atoms with E-state index in [-0.39, 0.29) is 16.9 Å². The predicted octanol–water partition coefficient (Wildman–Crippen LogP) is 2.74. The highest BCUT2D eigenvalue weighted by Crippen LogP contribution is 2.46. The number of rotatable bonds is 0. The summed E-state index contributed by atoms with van der Waals surface area (Å²) in [5.74, 6) is 0.223. The molecule has 0 aliphatic heterocycles. The standard InChI is InChI=1S/C12H22N2/c1-7-8(2)12(6,14)11(4,5)9(3)10(7)13/h9,13H,14H2,1-6H3. The third kappa shape index (κ3) is 1.17. The zero-order valence-corrected chi connectivity index (χ0v) is 10.2. The average Bonchev–Trinajstić information content (AvgIpc) is 2.10. The first-order chi connectivity index (χ1) is 6.14. The molecule has 1 aliphatic rings. The number of nitrogens with two attached hydrogens (primary N) is 1. The third-order valence-electron chi connectivity index (χ3n) is 4.60. The third-order valence-corrected chi connectivity index (χ3v) is 4.60. The van der Waals surface area contributed by atoms with E-state index in [4.69, 9.17) is 11.1 Å². The normalized spacial score (nSPS) is 37.6. The van der Waals surface area contributed by atoms with Gasteiger partial charge in [0, 0.05) is 17.2 Å². The molecule has 0 bridgehead atoms. The number of nitrogens with one attached hydrogen (secondary N) is 1. The first kappa shape index (κ1) is 11.4. The van der Waals surface area contributed by atoms with Crippen LogP contribution in [-0.4, -0.2) is 11.3 Å².